The number of nitrogen functional groups attached to an aromatic ring is 1. The van der Waals surface area contributed by atoms with Crippen LogP contribution in [0.15, 0.2) is 22.7 Å². The Morgan fingerprint density at radius 3 is 2.85 bits per heavy atom. The molecule has 20 heavy (non-hydrogen) atoms. The van der Waals surface area contributed by atoms with E-state index in [1.54, 1.807) is 0 Å². The third-order valence-electron chi connectivity index (χ3n) is 4.48. The fourth-order valence-corrected chi connectivity index (χ4v) is 3.75. The number of hydrogen-bond acceptors (Lipinski definition) is 3. The Morgan fingerprint density at radius 1 is 1.25 bits per heavy atom. The fourth-order valence-electron chi connectivity index (χ4n) is 3.39. The first-order chi connectivity index (χ1) is 9.67. The maximum Gasteiger partial charge on any atom is 0.135 e. The molecule has 0 bridgehead atoms. The lowest BCUT2D eigenvalue weighted by Crippen LogP contribution is -2.32. The standard InChI is InChI=1S/C16H22BrNO2/c17-14-5-4-12(18)10-15(14)19-11-13-6-9-16(20-13)7-2-1-3-8-16/h4-5,10,13H,1-3,6-9,11,18H2. The lowest BCUT2D eigenvalue weighted by molar-refractivity contribution is -0.0749. The molecule has 2 aliphatic rings. The number of halogens is 1. The normalized spacial score (nSPS) is 24.9. The minimum absolute atomic E-state index is 0.166. The van der Waals surface area contributed by atoms with Gasteiger partial charge < -0.3 is 15.2 Å². The molecule has 2 N–H and O–H groups in total. The van der Waals surface area contributed by atoms with Crippen LogP contribution in [0.4, 0.5) is 5.69 Å². The van der Waals surface area contributed by atoms with Crippen LogP contribution in [-0.2, 0) is 4.74 Å². The molecule has 1 aromatic rings. The second kappa shape index (κ2) is 5.94. The molecule has 0 aromatic heterocycles. The molecule has 1 spiro atoms. The summed E-state index contributed by atoms with van der Waals surface area (Å²) < 4.78 is 13.1. The minimum atomic E-state index is 0.166. The van der Waals surface area contributed by atoms with Crippen molar-refractivity contribution >= 4 is 21.6 Å². The third-order valence-corrected chi connectivity index (χ3v) is 5.14. The molecule has 3 rings (SSSR count). The molecule has 1 aliphatic carbocycles. The van der Waals surface area contributed by atoms with Crippen molar-refractivity contribution in [3.05, 3.63) is 22.7 Å². The zero-order chi connectivity index (χ0) is 14.0. The van der Waals surface area contributed by atoms with E-state index in [2.05, 4.69) is 15.9 Å². The molecule has 1 unspecified atom stereocenters. The van der Waals surface area contributed by atoms with Gasteiger partial charge in [0.25, 0.3) is 0 Å². The van der Waals surface area contributed by atoms with Crippen molar-refractivity contribution in [3.8, 4) is 5.75 Å². The van der Waals surface area contributed by atoms with Gasteiger partial charge in [0.15, 0.2) is 0 Å². The van der Waals surface area contributed by atoms with Gasteiger partial charge in [0.1, 0.15) is 12.4 Å². The molecule has 1 saturated carbocycles. The maximum absolute atomic E-state index is 6.31. The van der Waals surface area contributed by atoms with Crippen molar-refractivity contribution in [2.24, 2.45) is 0 Å². The molecular formula is C16H22BrNO2. The van der Waals surface area contributed by atoms with Crippen molar-refractivity contribution < 1.29 is 9.47 Å². The van der Waals surface area contributed by atoms with E-state index in [0.717, 1.165) is 22.3 Å². The Hall–Kier alpha value is -0.740. The summed E-state index contributed by atoms with van der Waals surface area (Å²) in [6.45, 7) is 0.615. The zero-order valence-corrected chi connectivity index (χ0v) is 13.3. The van der Waals surface area contributed by atoms with Crippen LogP contribution in [-0.4, -0.2) is 18.3 Å². The Labute approximate surface area is 129 Å². The molecule has 0 amide bonds. The largest absolute Gasteiger partial charge is 0.490 e. The molecule has 1 heterocycles. The van der Waals surface area contributed by atoms with E-state index in [0.29, 0.717) is 6.61 Å². The molecule has 1 aliphatic heterocycles. The van der Waals surface area contributed by atoms with Gasteiger partial charge in [-0.2, -0.15) is 0 Å². The van der Waals surface area contributed by atoms with Crippen LogP contribution in [0.1, 0.15) is 44.9 Å². The summed E-state index contributed by atoms with van der Waals surface area (Å²) in [6.07, 6.45) is 8.97. The van der Waals surface area contributed by atoms with E-state index in [1.165, 1.54) is 38.5 Å². The molecule has 1 atom stereocenters. The van der Waals surface area contributed by atoms with Crippen molar-refractivity contribution in [2.75, 3.05) is 12.3 Å². The topological polar surface area (TPSA) is 44.5 Å². The van der Waals surface area contributed by atoms with Crippen LogP contribution in [0.5, 0.6) is 5.75 Å². The molecule has 110 valence electrons. The lowest BCUT2D eigenvalue weighted by Gasteiger charge is -2.33. The fraction of sp³-hybridized carbons (Fsp3) is 0.625. The summed E-state index contributed by atoms with van der Waals surface area (Å²) in [5.41, 5.74) is 6.68. The highest BCUT2D eigenvalue weighted by Gasteiger charge is 2.40. The molecular weight excluding hydrogens is 318 g/mol. The monoisotopic (exact) mass is 339 g/mol. The number of ether oxygens (including phenoxy) is 2. The average Bonchev–Trinajstić information content (AvgIpc) is 2.84. The maximum atomic E-state index is 6.31. The van der Waals surface area contributed by atoms with Crippen LogP contribution >= 0.6 is 15.9 Å². The average molecular weight is 340 g/mol. The van der Waals surface area contributed by atoms with Gasteiger partial charge in [-0.15, -0.1) is 0 Å². The summed E-state index contributed by atoms with van der Waals surface area (Å²) in [5, 5.41) is 0. The number of benzene rings is 1. The van der Waals surface area contributed by atoms with Crippen LogP contribution < -0.4 is 10.5 Å². The van der Waals surface area contributed by atoms with E-state index in [1.807, 2.05) is 18.2 Å². The Balaban J connectivity index is 1.56. The van der Waals surface area contributed by atoms with Gasteiger partial charge in [-0.25, -0.2) is 0 Å². The first-order valence-corrected chi connectivity index (χ1v) is 8.32. The van der Waals surface area contributed by atoms with E-state index in [9.17, 15) is 0 Å². The van der Waals surface area contributed by atoms with E-state index >= 15 is 0 Å². The predicted molar refractivity (Wildman–Crippen MR) is 84.0 cm³/mol. The van der Waals surface area contributed by atoms with E-state index < -0.39 is 0 Å². The van der Waals surface area contributed by atoms with Crippen molar-refractivity contribution in [1.29, 1.82) is 0 Å². The second-order valence-corrected chi connectivity index (χ2v) is 6.88. The van der Waals surface area contributed by atoms with Gasteiger partial charge in [-0.3, -0.25) is 0 Å². The van der Waals surface area contributed by atoms with Crippen LogP contribution in [0.2, 0.25) is 0 Å². The minimum Gasteiger partial charge on any atom is -0.490 e. The van der Waals surface area contributed by atoms with E-state index in [-0.39, 0.29) is 11.7 Å². The van der Waals surface area contributed by atoms with Crippen LogP contribution in [0.3, 0.4) is 0 Å². The number of rotatable bonds is 3. The van der Waals surface area contributed by atoms with Gasteiger partial charge >= 0.3 is 0 Å². The molecule has 3 nitrogen and oxygen atoms in total. The predicted octanol–water partition coefficient (Wildman–Crippen LogP) is 4.29. The van der Waals surface area contributed by atoms with Gasteiger partial charge in [-0.1, -0.05) is 19.3 Å². The molecule has 4 heteroatoms. The van der Waals surface area contributed by atoms with E-state index in [4.69, 9.17) is 15.2 Å². The van der Waals surface area contributed by atoms with Gasteiger partial charge in [0, 0.05) is 11.8 Å². The molecule has 1 aromatic carbocycles. The molecule has 1 saturated heterocycles. The van der Waals surface area contributed by atoms with Gasteiger partial charge in [0.2, 0.25) is 0 Å². The third kappa shape index (κ3) is 3.12. The highest BCUT2D eigenvalue weighted by Crippen LogP contribution is 2.42. The molecule has 0 radical (unpaired) electrons. The van der Waals surface area contributed by atoms with Crippen molar-refractivity contribution in [2.45, 2.75) is 56.7 Å². The highest BCUT2D eigenvalue weighted by molar-refractivity contribution is 9.10. The van der Waals surface area contributed by atoms with Crippen molar-refractivity contribution in [3.63, 3.8) is 0 Å². The number of anilines is 1. The SMILES string of the molecule is Nc1ccc(Br)c(OCC2CCC3(CCCCC3)O2)c1. The van der Waals surface area contributed by atoms with Crippen molar-refractivity contribution in [1.82, 2.24) is 0 Å². The Kier molecular flexibility index (Phi) is 4.22. The highest BCUT2D eigenvalue weighted by atomic mass is 79.9. The smallest absolute Gasteiger partial charge is 0.135 e. The van der Waals surface area contributed by atoms with Crippen LogP contribution in [0.25, 0.3) is 0 Å². The Morgan fingerprint density at radius 2 is 2.05 bits per heavy atom. The molecule has 2 fully saturated rings. The summed E-state index contributed by atoms with van der Waals surface area (Å²) in [5.74, 6) is 0.804. The first kappa shape index (κ1) is 14.2. The van der Waals surface area contributed by atoms with Crippen LogP contribution in [0, 0.1) is 0 Å². The number of hydrogen-bond donors (Lipinski definition) is 1. The number of nitrogens with two attached hydrogens (primary N) is 1. The summed E-state index contributed by atoms with van der Waals surface area (Å²) in [6, 6.07) is 5.64. The quantitative estimate of drug-likeness (QED) is 0.835. The second-order valence-electron chi connectivity index (χ2n) is 6.02. The van der Waals surface area contributed by atoms with Gasteiger partial charge in [-0.05, 0) is 53.7 Å². The summed E-state index contributed by atoms with van der Waals surface area (Å²) in [7, 11) is 0. The Bertz CT molecular complexity index is 472. The summed E-state index contributed by atoms with van der Waals surface area (Å²) in [4.78, 5) is 0. The first-order valence-electron chi connectivity index (χ1n) is 7.53. The zero-order valence-electron chi connectivity index (χ0n) is 11.7. The van der Waals surface area contributed by atoms with Gasteiger partial charge in [0.05, 0.1) is 16.2 Å². The lowest BCUT2D eigenvalue weighted by atomic mass is 9.83. The summed E-state index contributed by atoms with van der Waals surface area (Å²) >= 11 is 3.49.